The number of hydrogen-bond acceptors (Lipinski definition) is 6. The van der Waals surface area contributed by atoms with E-state index in [-0.39, 0.29) is 18.2 Å². The number of ether oxygens (including phenoxy) is 3. The van der Waals surface area contributed by atoms with Crippen molar-refractivity contribution in [3.05, 3.63) is 23.8 Å². The number of likely N-dealkylation sites (tertiary alicyclic amines) is 1. The van der Waals surface area contributed by atoms with Crippen molar-refractivity contribution < 1.29 is 23.8 Å². The Morgan fingerprint density at radius 3 is 2.29 bits per heavy atom. The van der Waals surface area contributed by atoms with Gasteiger partial charge in [-0.15, -0.1) is 0 Å². The van der Waals surface area contributed by atoms with Crippen molar-refractivity contribution in [2.75, 3.05) is 47.2 Å². The Morgan fingerprint density at radius 2 is 1.71 bits per heavy atom. The Labute approximate surface area is 141 Å². The third-order valence-electron chi connectivity index (χ3n) is 4.47. The minimum absolute atomic E-state index is 0.140. The molecule has 130 valence electrons. The zero-order valence-corrected chi connectivity index (χ0v) is 14.0. The fourth-order valence-electron chi connectivity index (χ4n) is 3.07. The lowest BCUT2D eigenvalue weighted by atomic mass is 9.97. The SMILES string of the molecule is COc1cc(OC)cc(C2CC(=O)N(CN3CCOCC3)C2=O)c1. The van der Waals surface area contributed by atoms with E-state index in [0.29, 0.717) is 31.4 Å². The van der Waals surface area contributed by atoms with Crippen LogP contribution in [0.5, 0.6) is 11.5 Å². The normalized spacial score (nSPS) is 22.1. The van der Waals surface area contributed by atoms with Crippen molar-refractivity contribution >= 4 is 11.8 Å². The smallest absolute Gasteiger partial charge is 0.238 e. The van der Waals surface area contributed by atoms with Gasteiger partial charge in [0.2, 0.25) is 11.8 Å². The highest BCUT2D eigenvalue weighted by Crippen LogP contribution is 2.34. The Kier molecular flexibility index (Phi) is 5.01. The van der Waals surface area contributed by atoms with Gasteiger partial charge in [0.05, 0.1) is 40.0 Å². The number of imide groups is 1. The van der Waals surface area contributed by atoms with Crippen molar-refractivity contribution in [3.63, 3.8) is 0 Å². The second-order valence-corrected chi connectivity index (χ2v) is 5.93. The molecule has 0 aromatic heterocycles. The quantitative estimate of drug-likeness (QED) is 0.743. The molecular weight excluding hydrogens is 312 g/mol. The van der Waals surface area contributed by atoms with Gasteiger partial charge < -0.3 is 14.2 Å². The van der Waals surface area contributed by atoms with E-state index in [9.17, 15) is 9.59 Å². The molecule has 1 unspecified atom stereocenters. The summed E-state index contributed by atoms with van der Waals surface area (Å²) in [4.78, 5) is 28.5. The zero-order valence-electron chi connectivity index (χ0n) is 14.0. The molecule has 2 aliphatic rings. The van der Waals surface area contributed by atoms with E-state index in [1.54, 1.807) is 32.4 Å². The molecule has 0 radical (unpaired) electrons. The number of amides is 2. The first-order chi connectivity index (χ1) is 11.6. The highest BCUT2D eigenvalue weighted by Gasteiger charge is 2.40. The summed E-state index contributed by atoms with van der Waals surface area (Å²) in [6, 6.07) is 5.32. The molecule has 1 aromatic rings. The Bertz CT molecular complexity index is 605. The largest absolute Gasteiger partial charge is 0.497 e. The van der Waals surface area contributed by atoms with Gasteiger partial charge in [-0.1, -0.05) is 0 Å². The van der Waals surface area contributed by atoms with Gasteiger partial charge in [-0.25, -0.2) is 0 Å². The lowest BCUT2D eigenvalue weighted by Gasteiger charge is -2.29. The predicted molar refractivity (Wildman–Crippen MR) is 86.0 cm³/mol. The van der Waals surface area contributed by atoms with Gasteiger partial charge in [0.15, 0.2) is 0 Å². The van der Waals surface area contributed by atoms with Gasteiger partial charge in [-0.3, -0.25) is 19.4 Å². The molecular formula is C17H22N2O5. The van der Waals surface area contributed by atoms with E-state index in [1.165, 1.54) is 4.90 Å². The number of carbonyl (C=O) groups is 2. The monoisotopic (exact) mass is 334 g/mol. The van der Waals surface area contributed by atoms with Gasteiger partial charge in [0.1, 0.15) is 11.5 Å². The van der Waals surface area contributed by atoms with Gasteiger partial charge in [0.25, 0.3) is 0 Å². The van der Waals surface area contributed by atoms with Gasteiger partial charge in [0, 0.05) is 25.6 Å². The molecule has 24 heavy (non-hydrogen) atoms. The topological polar surface area (TPSA) is 68.3 Å². The molecule has 0 bridgehead atoms. The number of morpholine rings is 1. The summed E-state index contributed by atoms with van der Waals surface area (Å²) in [5.41, 5.74) is 0.744. The first kappa shape index (κ1) is 16.7. The molecule has 2 aliphatic heterocycles. The highest BCUT2D eigenvalue weighted by atomic mass is 16.5. The highest BCUT2D eigenvalue weighted by molar-refractivity contribution is 6.06. The van der Waals surface area contributed by atoms with E-state index in [1.807, 2.05) is 0 Å². The van der Waals surface area contributed by atoms with Crippen LogP contribution in [0.15, 0.2) is 18.2 Å². The lowest BCUT2D eigenvalue weighted by Crippen LogP contribution is -2.46. The molecule has 0 saturated carbocycles. The Balaban J connectivity index is 1.78. The van der Waals surface area contributed by atoms with Crippen LogP contribution in [0.1, 0.15) is 17.9 Å². The molecule has 2 saturated heterocycles. The summed E-state index contributed by atoms with van der Waals surface area (Å²) in [5, 5.41) is 0. The van der Waals surface area contributed by atoms with E-state index >= 15 is 0 Å². The molecule has 0 spiro atoms. The fraction of sp³-hybridized carbons (Fsp3) is 0.529. The van der Waals surface area contributed by atoms with Crippen molar-refractivity contribution in [2.24, 2.45) is 0 Å². The second-order valence-electron chi connectivity index (χ2n) is 5.93. The molecule has 2 heterocycles. The molecule has 2 fully saturated rings. The minimum Gasteiger partial charge on any atom is -0.497 e. The van der Waals surface area contributed by atoms with Crippen LogP contribution in [-0.2, 0) is 14.3 Å². The first-order valence-electron chi connectivity index (χ1n) is 7.99. The van der Waals surface area contributed by atoms with Crippen LogP contribution in [0.4, 0.5) is 0 Å². The second kappa shape index (κ2) is 7.19. The molecule has 0 N–H and O–H groups in total. The van der Waals surface area contributed by atoms with Crippen LogP contribution >= 0.6 is 0 Å². The molecule has 7 heteroatoms. The average Bonchev–Trinajstić information content (AvgIpc) is 2.90. The number of rotatable bonds is 5. The first-order valence-corrected chi connectivity index (χ1v) is 7.99. The van der Waals surface area contributed by atoms with Gasteiger partial charge in [-0.2, -0.15) is 0 Å². The van der Waals surface area contributed by atoms with Crippen molar-refractivity contribution in [1.29, 1.82) is 0 Å². The average molecular weight is 334 g/mol. The summed E-state index contributed by atoms with van der Waals surface area (Å²) < 4.78 is 15.8. The summed E-state index contributed by atoms with van der Waals surface area (Å²) in [5.74, 6) is 0.426. The maximum Gasteiger partial charge on any atom is 0.238 e. The Hall–Kier alpha value is -2.12. The maximum absolute atomic E-state index is 12.8. The number of carbonyl (C=O) groups excluding carboxylic acids is 2. The Morgan fingerprint density at radius 1 is 1.08 bits per heavy atom. The van der Waals surface area contributed by atoms with Crippen LogP contribution in [-0.4, -0.2) is 68.8 Å². The fourth-order valence-corrected chi connectivity index (χ4v) is 3.07. The van der Waals surface area contributed by atoms with Crippen LogP contribution in [0, 0.1) is 0 Å². The molecule has 0 aliphatic carbocycles. The van der Waals surface area contributed by atoms with Crippen LogP contribution in [0.2, 0.25) is 0 Å². The van der Waals surface area contributed by atoms with Crippen molar-refractivity contribution in [3.8, 4) is 11.5 Å². The van der Waals surface area contributed by atoms with Gasteiger partial charge in [-0.05, 0) is 17.7 Å². The predicted octanol–water partition coefficient (Wildman–Crippen LogP) is 0.836. The van der Waals surface area contributed by atoms with Gasteiger partial charge >= 0.3 is 0 Å². The van der Waals surface area contributed by atoms with Crippen LogP contribution < -0.4 is 9.47 Å². The zero-order chi connectivity index (χ0) is 17.1. The summed E-state index contributed by atoms with van der Waals surface area (Å²) in [6.07, 6.45) is 0.180. The van der Waals surface area contributed by atoms with Crippen LogP contribution in [0.3, 0.4) is 0 Å². The number of benzene rings is 1. The molecule has 1 aromatic carbocycles. The summed E-state index contributed by atoms with van der Waals surface area (Å²) >= 11 is 0. The number of nitrogens with zero attached hydrogens (tertiary/aromatic N) is 2. The number of hydrogen-bond donors (Lipinski definition) is 0. The van der Waals surface area contributed by atoms with E-state index in [4.69, 9.17) is 14.2 Å². The molecule has 3 rings (SSSR count). The molecule has 2 amide bonds. The molecule has 7 nitrogen and oxygen atoms in total. The lowest BCUT2D eigenvalue weighted by molar-refractivity contribution is -0.142. The number of methoxy groups -OCH3 is 2. The summed E-state index contributed by atoms with van der Waals surface area (Å²) in [6.45, 7) is 3.06. The summed E-state index contributed by atoms with van der Waals surface area (Å²) in [7, 11) is 3.12. The standard InChI is InChI=1S/C17H22N2O5/c1-22-13-7-12(8-14(9-13)23-2)15-10-16(20)19(17(15)21)11-18-3-5-24-6-4-18/h7-9,15H,3-6,10-11H2,1-2H3. The van der Waals surface area contributed by atoms with Crippen molar-refractivity contribution in [1.82, 2.24) is 9.80 Å². The van der Waals surface area contributed by atoms with E-state index in [2.05, 4.69) is 4.90 Å². The van der Waals surface area contributed by atoms with Crippen LogP contribution in [0.25, 0.3) is 0 Å². The third kappa shape index (κ3) is 3.37. The van der Waals surface area contributed by atoms with Crippen molar-refractivity contribution in [2.45, 2.75) is 12.3 Å². The van der Waals surface area contributed by atoms with E-state index < -0.39 is 5.92 Å². The van der Waals surface area contributed by atoms with E-state index in [0.717, 1.165) is 18.7 Å². The molecule has 1 atom stereocenters. The minimum atomic E-state index is -0.484. The maximum atomic E-state index is 12.8. The third-order valence-corrected chi connectivity index (χ3v) is 4.47.